The van der Waals surface area contributed by atoms with Crippen molar-refractivity contribution in [3.05, 3.63) is 46.5 Å². The summed E-state index contributed by atoms with van der Waals surface area (Å²) < 4.78 is 19.2. The number of rotatable bonds is 2. The van der Waals surface area contributed by atoms with Crippen molar-refractivity contribution in [2.45, 2.75) is 13.0 Å². The van der Waals surface area contributed by atoms with Gasteiger partial charge in [0.15, 0.2) is 5.82 Å². The van der Waals surface area contributed by atoms with E-state index in [4.69, 9.17) is 22.1 Å². The molecule has 1 aromatic carbocycles. The highest BCUT2D eigenvalue weighted by molar-refractivity contribution is 6.35. The van der Waals surface area contributed by atoms with Gasteiger partial charge in [-0.3, -0.25) is 0 Å². The van der Waals surface area contributed by atoms with Gasteiger partial charge in [0.05, 0.1) is 6.61 Å². The van der Waals surface area contributed by atoms with Gasteiger partial charge in [-0.1, -0.05) is 23.7 Å². The number of morpholine rings is 1. The highest BCUT2D eigenvalue weighted by Gasteiger charge is 2.25. The molecule has 116 valence electrons. The monoisotopic (exact) mass is 322 g/mol. The van der Waals surface area contributed by atoms with Crippen molar-refractivity contribution in [2.75, 3.05) is 30.3 Å². The largest absolute Gasteiger partial charge is 0.382 e. The van der Waals surface area contributed by atoms with Gasteiger partial charge >= 0.3 is 0 Å². The molecule has 0 unspecified atom stereocenters. The minimum atomic E-state index is -0.219. The van der Waals surface area contributed by atoms with Gasteiger partial charge in [-0.2, -0.15) is 0 Å². The van der Waals surface area contributed by atoms with Crippen molar-refractivity contribution < 1.29 is 9.13 Å². The van der Waals surface area contributed by atoms with E-state index in [1.54, 1.807) is 19.1 Å². The number of ether oxygens (including phenoxy) is 1. The Bertz CT molecular complexity index is 697. The predicted octanol–water partition coefficient (Wildman–Crippen LogP) is 2.74. The van der Waals surface area contributed by atoms with Crippen LogP contribution in [0.25, 0.3) is 0 Å². The van der Waals surface area contributed by atoms with Crippen LogP contribution in [0.4, 0.5) is 16.0 Å². The number of nitrogens with zero attached hydrogens (tertiary/aromatic N) is 3. The molecule has 0 bridgehead atoms. The molecular formula is C15H16ClFN4O. The molecule has 22 heavy (non-hydrogen) atoms. The number of aryl methyl sites for hydroxylation is 1. The molecule has 1 aromatic heterocycles. The van der Waals surface area contributed by atoms with Crippen LogP contribution in [-0.4, -0.2) is 29.7 Å². The molecule has 2 N–H and O–H groups in total. The van der Waals surface area contributed by atoms with E-state index in [9.17, 15) is 4.39 Å². The fourth-order valence-corrected chi connectivity index (χ4v) is 2.72. The van der Waals surface area contributed by atoms with E-state index in [0.717, 1.165) is 5.56 Å². The molecule has 7 heteroatoms. The third kappa shape index (κ3) is 2.84. The van der Waals surface area contributed by atoms with Gasteiger partial charge in [0, 0.05) is 13.1 Å². The van der Waals surface area contributed by atoms with Crippen LogP contribution in [0.3, 0.4) is 0 Å². The first-order valence-corrected chi connectivity index (χ1v) is 7.32. The lowest BCUT2D eigenvalue weighted by atomic mass is 10.0. The number of anilines is 2. The SMILES string of the molecule is Cc1cc([C@H]2CN(c3ncnc(N)c3Cl)CCO2)ccc1F. The zero-order valence-electron chi connectivity index (χ0n) is 12.1. The number of hydrogen-bond acceptors (Lipinski definition) is 5. The average Bonchev–Trinajstić information content (AvgIpc) is 2.53. The Morgan fingerprint density at radius 2 is 2.23 bits per heavy atom. The third-order valence-electron chi connectivity index (χ3n) is 3.72. The quantitative estimate of drug-likeness (QED) is 0.921. The second-order valence-corrected chi connectivity index (χ2v) is 5.59. The van der Waals surface area contributed by atoms with Gasteiger partial charge in [-0.05, 0) is 24.1 Å². The minimum Gasteiger partial charge on any atom is -0.382 e. The number of nitrogen functional groups attached to an aromatic ring is 1. The number of benzene rings is 1. The second kappa shape index (κ2) is 6.06. The summed E-state index contributed by atoms with van der Waals surface area (Å²) in [5.74, 6) is 0.636. The van der Waals surface area contributed by atoms with Crippen LogP contribution in [-0.2, 0) is 4.74 Å². The molecule has 0 radical (unpaired) electrons. The normalized spacial score (nSPS) is 18.5. The zero-order valence-corrected chi connectivity index (χ0v) is 12.8. The maximum Gasteiger partial charge on any atom is 0.153 e. The Morgan fingerprint density at radius 3 is 3.00 bits per heavy atom. The van der Waals surface area contributed by atoms with E-state index in [0.29, 0.717) is 36.1 Å². The summed E-state index contributed by atoms with van der Waals surface area (Å²) >= 11 is 6.18. The van der Waals surface area contributed by atoms with Gasteiger partial charge in [0.2, 0.25) is 0 Å². The molecule has 0 aliphatic carbocycles. The van der Waals surface area contributed by atoms with Crippen molar-refractivity contribution in [1.82, 2.24) is 9.97 Å². The van der Waals surface area contributed by atoms with Crippen molar-refractivity contribution in [3.63, 3.8) is 0 Å². The lowest BCUT2D eigenvalue weighted by Gasteiger charge is -2.34. The summed E-state index contributed by atoms with van der Waals surface area (Å²) in [7, 11) is 0. The molecule has 3 rings (SSSR count). The molecule has 0 spiro atoms. The standard InChI is InChI=1S/C15H16ClFN4O/c1-9-6-10(2-3-11(9)17)12-7-21(4-5-22-12)15-13(16)14(18)19-8-20-15/h2-3,6,8,12H,4-5,7H2,1H3,(H2,18,19,20)/t12-/m1/s1. The Hall–Kier alpha value is -1.92. The molecule has 1 aliphatic rings. The first-order valence-electron chi connectivity index (χ1n) is 6.95. The number of hydrogen-bond donors (Lipinski definition) is 1. The summed E-state index contributed by atoms with van der Waals surface area (Å²) in [6.45, 7) is 3.50. The summed E-state index contributed by atoms with van der Waals surface area (Å²) in [5.41, 5.74) is 7.26. The van der Waals surface area contributed by atoms with Crippen LogP contribution in [0.15, 0.2) is 24.5 Å². The smallest absolute Gasteiger partial charge is 0.153 e. The highest BCUT2D eigenvalue weighted by Crippen LogP contribution is 2.31. The average molecular weight is 323 g/mol. The van der Waals surface area contributed by atoms with E-state index in [2.05, 4.69) is 9.97 Å². The molecule has 1 atom stereocenters. The van der Waals surface area contributed by atoms with Crippen LogP contribution >= 0.6 is 11.6 Å². The zero-order chi connectivity index (χ0) is 15.7. The van der Waals surface area contributed by atoms with Gasteiger partial charge in [-0.15, -0.1) is 0 Å². The summed E-state index contributed by atoms with van der Waals surface area (Å²) in [4.78, 5) is 10.1. The Balaban J connectivity index is 1.85. The molecule has 1 fully saturated rings. The topological polar surface area (TPSA) is 64.3 Å². The first-order chi connectivity index (χ1) is 10.6. The summed E-state index contributed by atoms with van der Waals surface area (Å²) in [6, 6.07) is 5.01. The van der Waals surface area contributed by atoms with E-state index >= 15 is 0 Å². The lowest BCUT2D eigenvalue weighted by Crippen LogP contribution is -2.39. The van der Waals surface area contributed by atoms with E-state index in [1.165, 1.54) is 12.4 Å². The molecule has 1 aliphatic heterocycles. The summed E-state index contributed by atoms with van der Waals surface area (Å²) in [6.07, 6.45) is 1.23. The number of halogens is 2. The predicted molar refractivity (Wildman–Crippen MR) is 83.5 cm³/mol. The molecule has 2 aromatic rings. The van der Waals surface area contributed by atoms with Gasteiger partial charge in [-0.25, -0.2) is 14.4 Å². The first kappa shape index (κ1) is 15.0. The molecule has 2 heterocycles. The number of nitrogens with two attached hydrogens (primary N) is 1. The lowest BCUT2D eigenvalue weighted by molar-refractivity contribution is 0.0394. The molecule has 1 saturated heterocycles. The third-order valence-corrected chi connectivity index (χ3v) is 4.08. The van der Waals surface area contributed by atoms with Crippen molar-refractivity contribution in [3.8, 4) is 0 Å². The summed E-state index contributed by atoms with van der Waals surface area (Å²) in [5, 5.41) is 0.346. The minimum absolute atomic E-state index is 0.166. The molecule has 0 amide bonds. The van der Waals surface area contributed by atoms with E-state index in [-0.39, 0.29) is 17.7 Å². The number of aromatic nitrogens is 2. The van der Waals surface area contributed by atoms with Crippen molar-refractivity contribution in [1.29, 1.82) is 0 Å². The fraction of sp³-hybridized carbons (Fsp3) is 0.333. The Kier molecular flexibility index (Phi) is 4.13. The van der Waals surface area contributed by atoms with Gasteiger partial charge < -0.3 is 15.4 Å². The van der Waals surface area contributed by atoms with E-state index in [1.807, 2.05) is 4.90 Å². The fourth-order valence-electron chi connectivity index (χ4n) is 2.51. The molecule has 0 saturated carbocycles. The van der Waals surface area contributed by atoms with E-state index < -0.39 is 0 Å². The van der Waals surface area contributed by atoms with Crippen LogP contribution in [0, 0.1) is 12.7 Å². The van der Waals surface area contributed by atoms with Crippen LogP contribution in [0.5, 0.6) is 0 Å². The highest BCUT2D eigenvalue weighted by atomic mass is 35.5. The van der Waals surface area contributed by atoms with Crippen LogP contribution in [0.2, 0.25) is 5.02 Å². The second-order valence-electron chi connectivity index (χ2n) is 5.21. The van der Waals surface area contributed by atoms with Crippen LogP contribution < -0.4 is 10.6 Å². The Labute approximate surface area is 132 Å². The van der Waals surface area contributed by atoms with Crippen molar-refractivity contribution >= 4 is 23.2 Å². The van der Waals surface area contributed by atoms with Crippen LogP contribution in [0.1, 0.15) is 17.2 Å². The maximum absolute atomic E-state index is 13.4. The maximum atomic E-state index is 13.4. The molecular weight excluding hydrogens is 307 g/mol. The van der Waals surface area contributed by atoms with Crippen molar-refractivity contribution in [2.24, 2.45) is 0 Å². The van der Waals surface area contributed by atoms with Gasteiger partial charge in [0.1, 0.15) is 29.1 Å². The van der Waals surface area contributed by atoms with Gasteiger partial charge in [0.25, 0.3) is 0 Å². The Morgan fingerprint density at radius 1 is 1.41 bits per heavy atom. The molecule has 5 nitrogen and oxygen atoms in total.